The molecule has 1 N–H and O–H groups in total. The summed E-state index contributed by atoms with van der Waals surface area (Å²) in [7, 11) is 3.90. The van der Waals surface area contributed by atoms with E-state index in [9.17, 15) is 4.79 Å². The van der Waals surface area contributed by atoms with Gasteiger partial charge in [-0.05, 0) is 50.1 Å². The molecule has 32 heavy (non-hydrogen) atoms. The third-order valence-corrected chi connectivity index (χ3v) is 5.63. The Morgan fingerprint density at radius 1 is 1.19 bits per heavy atom. The summed E-state index contributed by atoms with van der Waals surface area (Å²) in [5.41, 5.74) is 2.52. The zero-order chi connectivity index (χ0) is 22.1. The molecule has 0 saturated carbocycles. The summed E-state index contributed by atoms with van der Waals surface area (Å²) in [6.45, 7) is 6.21. The number of hydrogen-bond acceptors (Lipinski definition) is 5. The Labute approximate surface area is 208 Å². The molecule has 2 aromatic rings. The van der Waals surface area contributed by atoms with E-state index in [0.29, 0.717) is 13.2 Å². The highest BCUT2D eigenvalue weighted by atomic mass is 127. The summed E-state index contributed by atoms with van der Waals surface area (Å²) >= 11 is 0. The van der Waals surface area contributed by atoms with Crippen molar-refractivity contribution in [3.05, 3.63) is 59.5 Å². The number of esters is 1. The first-order valence-corrected chi connectivity index (χ1v) is 11.0. The highest BCUT2D eigenvalue weighted by molar-refractivity contribution is 14.0. The highest BCUT2D eigenvalue weighted by Gasteiger charge is 2.27. The number of piperidine rings is 1. The number of carbonyl (C=O) groups is 1. The van der Waals surface area contributed by atoms with E-state index in [1.54, 1.807) is 6.26 Å². The van der Waals surface area contributed by atoms with Gasteiger partial charge in [-0.2, -0.15) is 0 Å². The minimum absolute atomic E-state index is 0. The molecule has 0 unspecified atom stereocenters. The molecule has 1 saturated heterocycles. The molecule has 1 aliphatic heterocycles. The molecular formula is C24H35IN4O3. The van der Waals surface area contributed by atoms with E-state index in [1.807, 2.05) is 26.1 Å². The van der Waals surface area contributed by atoms with Crippen LogP contribution in [0.4, 0.5) is 0 Å². The van der Waals surface area contributed by atoms with Crippen molar-refractivity contribution in [1.82, 2.24) is 15.1 Å². The molecule has 0 spiro atoms. The van der Waals surface area contributed by atoms with Gasteiger partial charge in [-0.1, -0.05) is 24.3 Å². The van der Waals surface area contributed by atoms with Crippen LogP contribution in [0, 0.1) is 5.92 Å². The Morgan fingerprint density at radius 2 is 1.91 bits per heavy atom. The molecule has 0 amide bonds. The number of nitrogens with zero attached hydrogens (tertiary/aromatic N) is 3. The van der Waals surface area contributed by atoms with Crippen molar-refractivity contribution >= 4 is 35.9 Å². The van der Waals surface area contributed by atoms with E-state index in [0.717, 1.165) is 50.7 Å². The van der Waals surface area contributed by atoms with Crippen LogP contribution in [0.1, 0.15) is 36.7 Å². The number of rotatable bonds is 8. The number of hydrogen-bond donors (Lipinski definition) is 1. The van der Waals surface area contributed by atoms with Gasteiger partial charge in [-0.25, -0.2) is 0 Å². The lowest BCUT2D eigenvalue weighted by Crippen LogP contribution is -2.46. The normalized spacial score (nSPS) is 14.9. The number of likely N-dealkylation sites (tertiary alicyclic amines) is 1. The van der Waals surface area contributed by atoms with Crippen molar-refractivity contribution in [3.8, 4) is 0 Å². The fraction of sp³-hybridized carbons (Fsp3) is 0.500. The van der Waals surface area contributed by atoms with Gasteiger partial charge >= 0.3 is 5.97 Å². The Kier molecular flexibility index (Phi) is 11.0. The minimum Gasteiger partial charge on any atom is -0.468 e. The van der Waals surface area contributed by atoms with Crippen LogP contribution in [0.15, 0.2) is 52.1 Å². The lowest BCUT2D eigenvalue weighted by atomic mass is 9.97. The number of halogens is 1. The van der Waals surface area contributed by atoms with E-state index < -0.39 is 0 Å². The summed E-state index contributed by atoms with van der Waals surface area (Å²) in [5.74, 6) is 1.77. The van der Waals surface area contributed by atoms with E-state index in [2.05, 4.69) is 51.4 Å². The first kappa shape index (κ1) is 26.2. The van der Waals surface area contributed by atoms with E-state index in [-0.39, 0.29) is 35.9 Å². The Balaban J connectivity index is 0.00000363. The molecule has 3 rings (SSSR count). The van der Waals surface area contributed by atoms with E-state index in [1.165, 1.54) is 11.1 Å². The number of carbonyl (C=O) groups excluding carboxylic acids is 1. The van der Waals surface area contributed by atoms with Crippen molar-refractivity contribution < 1.29 is 13.9 Å². The summed E-state index contributed by atoms with van der Waals surface area (Å²) in [4.78, 5) is 20.9. The molecular weight excluding hydrogens is 519 g/mol. The molecule has 1 aliphatic rings. The molecule has 1 aromatic heterocycles. The lowest BCUT2D eigenvalue weighted by molar-refractivity contribution is -0.149. The van der Waals surface area contributed by atoms with Crippen LogP contribution in [-0.4, -0.2) is 55.5 Å². The second kappa shape index (κ2) is 13.5. The van der Waals surface area contributed by atoms with Gasteiger partial charge in [0, 0.05) is 33.2 Å². The summed E-state index contributed by atoms with van der Waals surface area (Å²) in [6, 6.07) is 12.4. The van der Waals surface area contributed by atoms with Crippen molar-refractivity contribution in [2.24, 2.45) is 10.9 Å². The summed E-state index contributed by atoms with van der Waals surface area (Å²) < 4.78 is 10.6. The van der Waals surface area contributed by atoms with Gasteiger partial charge in [-0.3, -0.25) is 14.7 Å². The zero-order valence-electron chi connectivity index (χ0n) is 19.3. The lowest BCUT2D eigenvalue weighted by Gasteiger charge is -2.33. The van der Waals surface area contributed by atoms with Gasteiger partial charge in [-0.15, -0.1) is 24.0 Å². The number of aliphatic imine (C=N–C) groups is 1. The number of ether oxygens (including phenoxy) is 1. The number of furan rings is 1. The first-order chi connectivity index (χ1) is 15.1. The van der Waals surface area contributed by atoms with Crippen LogP contribution in [-0.2, 0) is 29.2 Å². The maximum Gasteiger partial charge on any atom is 0.309 e. The predicted molar refractivity (Wildman–Crippen MR) is 137 cm³/mol. The standard InChI is InChI=1S/C24H34N4O3.HI/c1-4-30-23(29)19-11-13-28(14-12-19)24(25-2)26-16-20-8-5-6-9-21(20)17-27(3)18-22-10-7-15-31-22;/h5-10,15,19H,4,11-14,16-18H2,1-3H3,(H,25,26);1H. The average molecular weight is 554 g/mol. The fourth-order valence-corrected chi connectivity index (χ4v) is 3.99. The van der Waals surface area contributed by atoms with Crippen molar-refractivity contribution in [2.45, 2.75) is 39.4 Å². The maximum atomic E-state index is 12.0. The molecule has 0 aliphatic carbocycles. The number of nitrogens with one attached hydrogen (secondary N) is 1. The predicted octanol–water partition coefficient (Wildman–Crippen LogP) is 3.88. The van der Waals surface area contributed by atoms with Crippen LogP contribution in [0.5, 0.6) is 0 Å². The molecule has 1 aromatic carbocycles. The molecule has 7 nitrogen and oxygen atoms in total. The number of benzene rings is 1. The fourth-order valence-electron chi connectivity index (χ4n) is 3.99. The summed E-state index contributed by atoms with van der Waals surface area (Å²) in [5, 5.41) is 3.51. The van der Waals surface area contributed by atoms with Gasteiger partial charge in [0.05, 0.1) is 25.3 Å². The average Bonchev–Trinajstić information content (AvgIpc) is 3.28. The Morgan fingerprint density at radius 3 is 2.53 bits per heavy atom. The monoisotopic (exact) mass is 554 g/mol. The third-order valence-electron chi connectivity index (χ3n) is 5.63. The molecule has 0 radical (unpaired) electrons. The smallest absolute Gasteiger partial charge is 0.309 e. The molecule has 2 heterocycles. The van der Waals surface area contributed by atoms with Crippen molar-refractivity contribution in [1.29, 1.82) is 0 Å². The number of guanidine groups is 1. The first-order valence-electron chi connectivity index (χ1n) is 11.0. The largest absolute Gasteiger partial charge is 0.468 e. The van der Waals surface area contributed by atoms with Gasteiger partial charge in [0.1, 0.15) is 5.76 Å². The Bertz CT molecular complexity index is 849. The van der Waals surface area contributed by atoms with Gasteiger partial charge < -0.3 is 19.4 Å². The van der Waals surface area contributed by atoms with Crippen LogP contribution < -0.4 is 5.32 Å². The molecule has 8 heteroatoms. The van der Waals surface area contributed by atoms with Crippen LogP contribution >= 0.6 is 24.0 Å². The second-order valence-corrected chi connectivity index (χ2v) is 7.93. The zero-order valence-corrected chi connectivity index (χ0v) is 21.6. The van der Waals surface area contributed by atoms with Crippen LogP contribution in [0.25, 0.3) is 0 Å². The topological polar surface area (TPSA) is 70.3 Å². The van der Waals surface area contributed by atoms with E-state index >= 15 is 0 Å². The quantitative estimate of drug-likeness (QED) is 0.231. The molecule has 1 fully saturated rings. The second-order valence-electron chi connectivity index (χ2n) is 7.93. The minimum atomic E-state index is -0.0716. The van der Waals surface area contributed by atoms with Crippen LogP contribution in [0.3, 0.4) is 0 Å². The SMILES string of the molecule is CCOC(=O)C1CCN(C(=NC)NCc2ccccc2CN(C)Cc2ccco2)CC1.I. The summed E-state index contributed by atoms with van der Waals surface area (Å²) in [6.07, 6.45) is 3.31. The Hall–Kier alpha value is -2.07. The maximum absolute atomic E-state index is 12.0. The molecule has 0 atom stereocenters. The molecule has 176 valence electrons. The van der Waals surface area contributed by atoms with Crippen molar-refractivity contribution in [2.75, 3.05) is 33.8 Å². The molecule has 0 bridgehead atoms. The third kappa shape index (κ3) is 7.51. The van der Waals surface area contributed by atoms with Crippen molar-refractivity contribution in [3.63, 3.8) is 0 Å². The van der Waals surface area contributed by atoms with Gasteiger partial charge in [0.15, 0.2) is 5.96 Å². The van der Waals surface area contributed by atoms with E-state index in [4.69, 9.17) is 9.15 Å². The van der Waals surface area contributed by atoms with Crippen LogP contribution in [0.2, 0.25) is 0 Å². The van der Waals surface area contributed by atoms with Gasteiger partial charge in [0.25, 0.3) is 0 Å². The highest BCUT2D eigenvalue weighted by Crippen LogP contribution is 2.19. The van der Waals surface area contributed by atoms with Gasteiger partial charge in [0.2, 0.25) is 0 Å².